The number of pyridine rings is 1. The quantitative estimate of drug-likeness (QED) is 0.492. The van der Waals surface area contributed by atoms with E-state index in [1.54, 1.807) is 0 Å². The number of hydrogen-bond acceptors (Lipinski definition) is 2. The zero-order chi connectivity index (χ0) is 15.8. The molecule has 0 radical (unpaired) electrons. The van der Waals surface area contributed by atoms with E-state index in [-0.39, 0.29) is 0 Å². The first kappa shape index (κ1) is 14.2. The van der Waals surface area contributed by atoms with E-state index in [1.165, 1.54) is 5.56 Å². The summed E-state index contributed by atoms with van der Waals surface area (Å²) < 4.78 is 3.15. The van der Waals surface area contributed by atoms with Crippen LogP contribution in [0, 0.1) is 6.92 Å². The number of halogens is 1. The fourth-order valence-corrected chi connectivity index (χ4v) is 3.24. The van der Waals surface area contributed by atoms with Crippen molar-refractivity contribution in [3.8, 4) is 17.1 Å². The first-order valence-electron chi connectivity index (χ1n) is 7.40. The van der Waals surface area contributed by atoms with E-state index in [4.69, 9.17) is 4.98 Å². The summed E-state index contributed by atoms with van der Waals surface area (Å²) >= 11 is 3.64. The number of benzene rings is 2. The van der Waals surface area contributed by atoms with Gasteiger partial charge in [0.25, 0.3) is 0 Å². The van der Waals surface area contributed by atoms with Crippen LogP contribution in [0.15, 0.2) is 71.3 Å². The molecule has 4 heteroatoms. The number of nitrogens with zero attached hydrogens (tertiary/aromatic N) is 3. The molecule has 0 unspecified atom stereocenters. The summed E-state index contributed by atoms with van der Waals surface area (Å²) in [6.07, 6.45) is 1.81. The molecule has 2 aromatic carbocycles. The van der Waals surface area contributed by atoms with E-state index in [2.05, 4.69) is 50.6 Å². The van der Waals surface area contributed by atoms with Gasteiger partial charge in [0.15, 0.2) is 5.65 Å². The zero-order valence-corrected chi connectivity index (χ0v) is 14.2. The van der Waals surface area contributed by atoms with E-state index in [1.807, 2.05) is 48.7 Å². The summed E-state index contributed by atoms with van der Waals surface area (Å²) in [5, 5.41) is 0. The summed E-state index contributed by atoms with van der Waals surface area (Å²) in [7, 11) is 0. The minimum atomic E-state index is 0.868. The van der Waals surface area contributed by atoms with Gasteiger partial charge in [-0.2, -0.15) is 0 Å². The minimum Gasteiger partial charge on any atom is -0.276 e. The number of hydrogen-bond donors (Lipinski definition) is 0. The predicted molar refractivity (Wildman–Crippen MR) is 96.7 cm³/mol. The van der Waals surface area contributed by atoms with Crippen LogP contribution in [0.3, 0.4) is 0 Å². The second-order valence-corrected chi connectivity index (χ2v) is 6.24. The van der Waals surface area contributed by atoms with Crippen molar-refractivity contribution >= 4 is 27.1 Å². The number of para-hydroxylation sites is 1. The summed E-state index contributed by atoms with van der Waals surface area (Å²) in [5.74, 6) is 0.889. The molecule has 3 nitrogen and oxygen atoms in total. The molecule has 112 valence electrons. The lowest BCUT2D eigenvalue weighted by Crippen LogP contribution is -2.01. The van der Waals surface area contributed by atoms with Crippen molar-refractivity contribution in [3.63, 3.8) is 0 Å². The van der Waals surface area contributed by atoms with Crippen LogP contribution in [0.25, 0.3) is 28.2 Å². The molecule has 0 N–H and O–H groups in total. The fourth-order valence-electron chi connectivity index (χ4n) is 2.78. The third-order valence-electron chi connectivity index (χ3n) is 3.89. The molecule has 0 atom stereocenters. The molecular weight excluding hydrogens is 350 g/mol. The van der Waals surface area contributed by atoms with Gasteiger partial charge in [0, 0.05) is 16.2 Å². The molecule has 2 aromatic heterocycles. The smallest absolute Gasteiger partial charge is 0.164 e. The second-order valence-electron chi connectivity index (χ2n) is 5.38. The molecule has 4 rings (SSSR count). The molecule has 0 aliphatic carbocycles. The van der Waals surface area contributed by atoms with E-state index < -0.39 is 0 Å². The van der Waals surface area contributed by atoms with Crippen molar-refractivity contribution < 1.29 is 0 Å². The number of imidazole rings is 1. The van der Waals surface area contributed by atoms with Gasteiger partial charge < -0.3 is 0 Å². The average molecular weight is 364 g/mol. The van der Waals surface area contributed by atoms with Gasteiger partial charge in [0.1, 0.15) is 11.3 Å². The van der Waals surface area contributed by atoms with Gasteiger partial charge in [-0.15, -0.1) is 0 Å². The third kappa shape index (κ3) is 2.35. The molecule has 0 spiro atoms. The lowest BCUT2D eigenvalue weighted by Gasteiger charge is -2.12. The van der Waals surface area contributed by atoms with Crippen LogP contribution in [0.5, 0.6) is 0 Å². The lowest BCUT2D eigenvalue weighted by molar-refractivity contribution is 1.06. The standard InChI is InChI=1S/C19H14BrN3/c1-13-7-2-5-11-17(13)23-18(14-8-3-4-9-15(14)20)22-16-10-6-12-21-19(16)23/h2-12H,1H3. The van der Waals surface area contributed by atoms with Crippen LogP contribution in [0.1, 0.15) is 5.56 Å². The zero-order valence-electron chi connectivity index (χ0n) is 12.6. The van der Waals surface area contributed by atoms with Crippen molar-refractivity contribution in [3.05, 3.63) is 76.9 Å². The normalized spacial score (nSPS) is 11.0. The molecule has 0 aliphatic rings. The van der Waals surface area contributed by atoms with Gasteiger partial charge in [0.05, 0.1) is 5.69 Å². The minimum absolute atomic E-state index is 0.868. The number of fused-ring (bicyclic) bond motifs is 1. The first-order chi connectivity index (χ1) is 11.3. The Bertz CT molecular complexity index is 1000. The Kier molecular flexibility index (Phi) is 3.46. The molecule has 0 bridgehead atoms. The van der Waals surface area contributed by atoms with Crippen molar-refractivity contribution in [2.75, 3.05) is 0 Å². The third-order valence-corrected chi connectivity index (χ3v) is 4.58. The fraction of sp³-hybridized carbons (Fsp3) is 0.0526. The SMILES string of the molecule is Cc1ccccc1-n1c(-c2ccccc2Br)nc2cccnc21. The monoisotopic (exact) mass is 363 g/mol. The van der Waals surface area contributed by atoms with Crippen LogP contribution in [-0.4, -0.2) is 14.5 Å². The van der Waals surface area contributed by atoms with Gasteiger partial charge in [-0.1, -0.05) is 52.3 Å². The number of aromatic nitrogens is 3. The predicted octanol–water partition coefficient (Wildman–Crippen LogP) is 5.16. The highest BCUT2D eigenvalue weighted by atomic mass is 79.9. The van der Waals surface area contributed by atoms with Gasteiger partial charge in [-0.05, 0) is 36.8 Å². The van der Waals surface area contributed by atoms with E-state index in [9.17, 15) is 0 Å². The Labute approximate surface area is 142 Å². The summed E-state index contributed by atoms with van der Waals surface area (Å²) in [6.45, 7) is 2.11. The number of rotatable bonds is 2. The van der Waals surface area contributed by atoms with E-state index in [0.717, 1.165) is 32.7 Å². The highest BCUT2D eigenvalue weighted by Crippen LogP contribution is 2.32. The van der Waals surface area contributed by atoms with Crippen LogP contribution >= 0.6 is 15.9 Å². The molecule has 0 saturated carbocycles. The Morgan fingerprint density at radius 1 is 0.913 bits per heavy atom. The molecule has 4 aromatic rings. The van der Waals surface area contributed by atoms with Gasteiger partial charge >= 0.3 is 0 Å². The molecule has 0 fully saturated rings. The molecule has 2 heterocycles. The lowest BCUT2D eigenvalue weighted by atomic mass is 10.1. The van der Waals surface area contributed by atoms with Crippen LogP contribution in [-0.2, 0) is 0 Å². The Morgan fingerprint density at radius 2 is 1.70 bits per heavy atom. The van der Waals surface area contributed by atoms with Crippen molar-refractivity contribution in [2.45, 2.75) is 6.92 Å². The van der Waals surface area contributed by atoms with E-state index >= 15 is 0 Å². The first-order valence-corrected chi connectivity index (χ1v) is 8.19. The number of aryl methyl sites for hydroxylation is 1. The maximum Gasteiger partial charge on any atom is 0.164 e. The highest BCUT2D eigenvalue weighted by Gasteiger charge is 2.17. The Morgan fingerprint density at radius 3 is 2.52 bits per heavy atom. The van der Waals surface area contributed by atoms with Crippen molar-refractivity contribution in [2.24, 2.45) is 0 Å². The van der Waals surface area contributed by atoms with E-state index in [0.29, 0.717) is 0 Å². The second kappa shape index (κ2) is 5.63. The van der Waals surface area contributed by atoms with Gasteiger partial charge in [-0.25, -0.2) is 9.97 Å². The maximum atomic E-state index is 4.83. The molecular formula is C19H14BrN3. The molecule has 23 heavy (non-hydrogen) atoms. The molecule has 0 amide bonds. The van der Waals surface area contributed by atoms with Crippen molar-refractivity contribution in [1.82, 2.24) is 14.5 Å². The van der Waals surface area contributed by atoms with Gasteiger partial charge in [0.2, 0.25) is 0 Å². The van der Waals surface area contributed by atoms with Crippen molar-refractivity contribution in [1.29, 1.82) is 0 Å². The van der Waals surface area contributed by atoms with Crippen LogP contribution in [0.4, 0.5) is 0 Å². The summed E-state index contributed by atoms with van der Waals surface area (Å²) in [4.78, 5) is 9.39. The summed E-state index contributed by atoms with van der Waals surface area (Å²) in [6, 6.07) is 20.3. The Hall–Kier alpha value is -2.46. The van der Waals surface area contributed by atoms with Crippen LogP contribution < -0.4 is 0 Å². The maximum absolute atomic E-state index is 4.83. The Balaban J connectivity index is 2.12. The summed E-state index contributed by atoms with van der Waals surface area (Å²) in [5.41, 5.74) is 5.09. The topological polar surface area (TPSA) is 30.7 Å². The molecule has 0 saturated heterocycles. The highest BCUT2D eigenvalue weighted by molar-refractivity contribution is 9.10. The van der Waals surface area contributed by atoms with Gasteiger partial charge in [-0.3, -0.25) is 4.57 Å². The van der Waals surface area contributed by atoms with Crippen LogP contribution in [0.2, 0.25) is 0 Å². The molecule has 0 aliphatic heterocycles. The largest absolute Gasteiger partial charge is 0.276 e. The average Bonchev–Trinajstić information content (AvgIpc) is 2.95.